The molecular weight excluding hydrogens is 742 g/mol. The number of benzene rings is 4. The van der Waals surface area contributed by atoms with E-state index in [4.69, 9.17) is 44.9 Å². The monoisotopic (exact) mass is 776 g/mol. The highest BCUT2D eigenvalue weighted by Crippen LogP contribution is 2.31. The van der Waals surface area contributed by atoms with Crippen molar-refractivity contribution in [3.63, 3.8) is 0 Å². The quantitative estimate of drug-likeness (QED) is 0.0925. The van der Waals surface area contributed by atoms with Crippen LogP contribution in [-0.4, -0.2) is 68.5 Å². The Morgan fingerprint density at radius 3 is 1.71 bits per heavy atom. The molecule has 0 aliphatic rings. The number of aliphatic hydroxyl groups is 2. The molecule has 0 spiro atoms. The van der Waals surface area contributed by atoms with E-state index in [-0.39, 0.29) is 46.5 Å². The van der Waals surface area contributed by atoms with E-state index in [0.717, 1.165) is 32.7 Å². The lowest BCUT2D eigenvalue weighted by Crippen LogP contribution is -2.11. The van der Waals surface area contributed by atoms with E-state index >= 15 is 0 Å². The third kappa shape index (κ3) is 12.1. The molecule has 0 aliphatic heterocycles. The minimum atomic E-state index is -0.559. The molecule has 0 bridgehead atoms. The number of aryl methyl sites for hydroxylation is 2. The van der Waals surface area contributed by atoms with E-state index in [0.29, 0.717) is 33.0 Å². The van der Waals surface area contributed by atoms with Gasteiger partial charge in [-0.25, -0.2) is 14.4 Å². The topological polar surface area (TPSA) is 217 Å². The van der Waals surface area contributed by atoms with Crippen molar-refractivity contribution in [3.05, 3.63) is 105 Å². The smallest absolute Gasteiger partial charge is 0.261 e. The van der Waals surface area contributed by atoms with Gasteiger partial charge in [-0.2, -0.15) is 0 Å². The molecule has 17 heteroatoms. The number of hydrogen-bond acceptors (Lipinski definition) is 12. The molecule has 270 valence electrons. The summed E-state index contributed by atoms with van der Waals surface area (Å²) in [6, 6.07) is 17.6. The molecule has 0 radical (unpaired) electrons. The number of aliphatic hydroxyl groups excluding tert-OH is 2. The van der Waals surface area contributed by atoms with Crippen molar-refractivity contribution >= 4 is 88.4 Å². The van der Waals surface area contributed by atoms with E-state index in [1.807, 2.05) is 25.1 Å². The number of phenolic OH excluding ortho intramolecular Hbond substituents is 2. The zero-order valence-electron chi connectivity index (χ0n) is 27.3. The van der Waals surface area contributed by atoms with Crippen LogP contribution >= 0.6 is 45.9 Å². The van der Waals surface area contributed by atoms with Crippen molar-refractivity contribution in [2.45, 2.75) is 13.8 Å². The van der Waals surface area contributed by atoms with Gasteiger partial charge in [-0.1, -0.05) is 51.9 Å². The molecule has 6 rings (SSSR count). The first-order valence-corrected chi connectivity index (χ1v) is 17.3. The highest BCUT2D eigenvalue weighted by Gasteiger charge is 2.16. The Kier molecular flexibility index (Phi) is 15.9. The number of aromatic hydroxyl groups is 2. The van der Waals surface area contributed by atoms with E-state index in [1.165, 1.54) is 53.8 Å². The number of anilines is 2. The Hall–Kier alpha value is -4.45. The van der Waals surface area contributed by atoms with Crippen LogP contribution in [-0.2, 0) is 0 Å². The lowest BCUT2D eigenvalue weighted by Gasteiger charge is -2.04. The van der Waals surface area contributed by atoms with Gasteiger partial charge in [-0.05, 0) is 85.6 Å². The van der Waals surface area contributed by atoms with Gasteiger partial charge in [0.05, 0.1) is 39.3 Å². The fraction of sp³-hybridized carbons (Fsp3) is 0.176. The second-order valence-electron chi connectivity index (χ2n) is 10.4. The number of amides is 2. The van der Waals surface area contributed by atoms with E-state index in [9.17, 15) is 24.2 Å². The summed E-state index contributed by atoms with van der Waals surface area (Å²) in [4.78, 5) is 32.7. The molecule has 2 heterocycles. The first-order chi connectivity index (χ1) is 24.3. The van der Waals surface area contributed by atoms with Crippen LogP contribution in [0.25, 0.3) is 20.4 Å². The molecular formula is C34H35Cl2FN6O6S2. The maximum atomic E-state index is 13.8. The molecule has 2 amide bonds. The molecule has 51 heavy (non-hydrogen) atoms. The van der Waals surface area contributed by atoms with Crippen LogP contribution in [0, 0.1) is 19.7 Å². The van der Waals surface area contributed by atoms with Gasteiger partial charge in [0.2, 0.25) is 0 Å². The highest BCUT2D eigenvalue weighted by molar-refractivity contribution is 7.22. The summed E-state index contributed by atoms with van der Waals surface area (Å²) in [6.07, 6.45) is 0. The Balaban J connectivity index is 0.000000228. The molecule has 0 aliphatic carbocycles. The zero-order valence-corrected chi connectivity index (χ0v) is 30.4. The van der Waals surface area contributed by atoms with Crippen molar-refractivity contribution in [1.29, 1.82) is 0 Å². The molecule has 12 nitrogen and oxygen atoms in total. The van der Waals surface area contributed by atoms with E-state index in [1.54, 1.807) is 13.0 Å². The second kappa shape index (κ2) is 19.8. The maximum Gasteiger partial charge on any atom is 0.261 e. The Morgan fingerprint density at radius 1 is 0.725 bits per heavy atom. The van der Waals surface area contributed by atoms with Gasteiger partial charge in [0.15, 0.2) is 16.1 Å². The van der Waals surface area contributed by atoms with Gasteiger partial charge in [-0.15, -0.1) is 0 Å². The zero-order chi connectivity index (χ0) is 37.7. The molecule has 10 N–H and O–H groups in total. The standard InChI is InChI=1S/C15H10ClFN2O2S.C15H11ClN2O2S.2C2H7NO/c1-7-4-10(17)13-12(5-7)22-15(18-13)19-14(21)9-6-8(16)2-3-11(9)20;1-8-2-4-11-13(6-8)21-15(17-11)18-14(20)10-7-9(16)3-5-12(10)19;2*3-1-2-4/h2-6,20H,1H3,(H,18,19,21);2-7,19H,1H3,(H,17,18,20);2*4H,1-3H2. The van der Waals surface area contributed by atoms with Crippen molar-refractivity contribution in [3.8, 4) is 11.5 Å². The third-order valence-corrected chi connectivity index (χ3v) is 8.56. The highest BCUT2D eigenvalue weighted by atomic mass is 35.5. The second-order valence-corrected chi connectivity index (χ2v) is 13.3. The van der Waals surface area contributed by atoms with Crippen molar-refractivity contribution in [2.75, 3.05) is 36.9 Å². The number of carbonyl (C=O) groups excluding carboxylic acids is 2. The average molecular weight is 778 g/mol. The number of fused-ring (bicyclic) bond motifs is 2. The van der Waals surface area contributed by atoms with Gasteiger partial charge < -0.3 is 31.9 Å². The van der Waals surface area contributed by atoms with Gasteiger partial charge in [0.1, 0.15) is 17.0 Å². The molecule has 0 unspecified atom stereocenters. The minimum Gasteiger partial charge on any atom is -0.507 e. The number of aromatic nitrogens is 2. The molecule has 4 aromatic carbocycles. The van der Waals surface area contributed by atoms with Gasteiger partial charge >= 0.3 is 0 Å². The number of nitrogens with one attached hydrogen (secondary N) is 2. The van der Waals surface area contributed by atoms with Crippen LogP contribution in [0.5, 0.6) is 11.5 Å². The largest absolute Gasteiger partial charge is 0.507 e. The maximum absolute atomic E-state index is 13.8. The lowest BCUT2D eigenvalue weighted by atomic mass is 10.2. The number of hydrogen-bond donors (Lipinski definition) is 8. The summed E-state index contributed by atoms with van der Waals surface area (Å²) < 4.78 is 15.5. The van der Waals surface area contributed by atoms with Crippen molar-refractivity contribution in [2.24, 2.45) is 11.5 Å². The number of thiazole rings is 2. The van der Waals surface area contributed by atoms with Crippen LogP contribution in [0.4, 0.5) is 14.7 Å². The Labute approximate surface area is 310 Å². The van der Waals surface area contributed by atoms with Crippen LogP contribution < -0.4 is 22.1 Å². The SMILES string of the molecule is Cc1cc(F)c2nc(NC(=O)c3cc(Cl)ccc3O)sc2c1.Cc1ccc2nc(NC(=O)c3cc(Cl)ccc3O)sc2c1.NCCO.NCCO. The summed E-state index contributed by atoms with van der Waals surface area (Å²) >= 11 is 14.2. The van der Waals surface area contributed by atoms with Crippen molar-refractivity contribution in [1.82, 2.24) is 9.97 Å². The molecule has 0 atom stereocenters. The lowest BCUT2D eigenvalue weighted by molar-refractivity contribution is 0.101. The van der Waals surface area contributed by atoms with Crippen LogP contribution in [0.3, 0.4) is 0 Å². The molecule has 0 fully saturated rings. The normalized spacial score (nSPS) is 10.3. The van der Waals surface area contributed by atoms with Gasteiger partial charge in [0, 0.05) is 23.1 Å². The minimum absolute atomic E-state index is 0.0309. The summed E-state index contributed by atoms with van der Waals surface area (Å²) in [5.74, 6) is -1.74. The summed E-state index contributed by atoms with van der Waals surface area (Å²) in [5.41, 5.74) is 12.7. The summed E-state index contributed by atoms with van der Waals surface area (Å²) in [6.45, 7) is 4.73. The number of nitrogens with zero attached hydrogens (tertiary/aromatic N) is 2. The third-order valence-electron chi connectivity index (χ3n) is 6.24. The van der Waals surface area contributed by atoms with Crippen LogP contribution in [0.2, 0.25) is 10.0 Å². The van der Waals surface area contributed by atoms with E-state index < -0.39 is 17.6 Å². The number of carbonyl (C=O) groups is 2. The summed E-state index contributed by atoms with van der Waals surface area (Å²) in [5, 5.41) is 41.6. The van der Waals surface area contributed by atoms with E-state index in [2.05, 4.69) is 20.6 Å². The Bertz CT molecular complexity index is 2110. The fourth-order valence-corrected chi connectivity index (χ4v) is 6.24. The first kappa shape index (κ1) is 41.0. The number of phenols is 2. The molecule has 6 aromatic rings. The molecule has 0 saturated heterocycles. The Morgan fingerprint density at radius 2 is 1.20 bits per heavy atom. The van der Waals surface area contributed by atoms with Crippen LogP contribution in [0.15, 0.2) is 66.7 Å². The summed E-state index contributed by atoms with van der Waals surface area (Å²) in [7, 11) is 0. The van der Waals surface area contributed by atoms with Gasteiger partial charge in [0.25, 0.3) is 11.8 Å². The predicted molar refractivity (Wildman–Crippen MR) is 203 cm³/mol. The fourth-order valence-electron chi connectivity index (χ4n) is 3.97. The molecule has 2 aromatic heterocycles. The number of nitrogens with two attached hydrogens (primary N) is 2. The van der Waals surface area contributed by atoms with Gasteiger partial charge in [-0.3, -0.25) is 20.2 Å². The number of halogens is 3. The average Bonchev–Trinajstić information content (AvgIpc) is 3.70. The van der Waals surface area contributed by atoms with Crippen LogP contribution in [0.1, 0.15) is 31.8 Å². The number of rotatable bonds is 6. The molecule has 0 saturated carbocycles. The van der Waals surface area contributed by atoms with Crippen molar-refractivity contribution < 1.29 is 34.4 Å². The predicted octanol–water partition coefficient (Wildman–Crippen LogP) is 6.45. The first-order valence-electron chi connectivity index (χ1n) is 15.0.